The number of fused-ring (bicyclic) bond motifs is 1. The standard InChI is InChI=1S/C15H19N3O.ClH/c1-10(16-2)9-14-17-15(19-18-14)13-8-4-6-11-5-3-7-12(11)13;/h4,6,8,10,16H,3,5,7,9H2,1-2H3;1H. The number of benzene rings is 1. The van der Waals surface area contributed by atoms with Gasteiger partial charge in [-0.15, -0.1) is 12.4 Å². The third-order valence-electron chi connectivity index (χ3n) is 3.83. The Morgan fingerprint density at radius 3 is 3.00 bits per heavy atom. The summed E-state index contributed by atoms with van der Waals surface area (Å²) >= 11 is 0. The van der Waals surface area contributed by atoms with Gasteiger partial charge >= 0.3 is 0 Å². The van der Waals surface area contributed by atoms with Gasteiger partial charge in [0.05, 0.1) is 0 Å². The quantitative estimate of drug-likeness (QED) is 0.942. The highest BCUT2D eigenvalue weighted by Gasteiger charge is 2.19. The Hall–Kier alpha value is -1.39. The van der Waals surface area contributed by atoms with Gasteiger partial charge in [0.1, 0.15) is 0 Å². The number of hydrogen-bond donors (Lipinski definition) is 1. The van der Waals surface area contributed by atoms with Crippen molar-refractivity contribution >= 4 is 12.4 Å². The van der Waals surface area contributed by atoms with Gasteiger partial charge in [-0.2, -0.15) is 4.98 Å². The van der Waals surface area contributed by atoms with Gasteiger partial charge in [-0.25, -0.2) is 0 Å². The molecule has 0 saturated heterocycles. The maximum atomic E-state index is 5.43. The molecule has 3 rings (SSSR count). The first-order chi connectivity index (χ1) is 9.28. The van der Waals surface area contributed by atoms with E-state index >= 15 is 0 Å². The average Bonchev–Trinajstić information content (AvgIpc) is 3.06. The van der Waals surface area contributed by atoms with Crippen LogP contribution in [-0.4, -0.2) is 23.2 Å². The lowest BCUT2D eigenvalue weighted by Crippen LogP contribution is -2.24. The highest BCUT2D eigenvalue weighted by Crippen LogP contribution is 2.31. The van der Waals surface area contributed by atoms with Crippen LogP contribution >= 0.6 is 12.4 Å². The lowest BCUT2D eigenvalue weighted by atomic mass is 10.0. The van der Waals surface area contributed by atoms with Crippen LogP contribution < -0.4 is 5.32 Å². The topological polar surface area (TPSA) is 51.0 Å². The Kier molecular flexibility index (Phi) is 4.78. The smallest absolute Gasteiger partial charge is 0.258 e. The van der Waals surface area contributed by atoms with Crippen molar-refractivity contribution in [3.05, 3.63) is 35.2 Å². The van der Waals surface area contributed by atoms with Crippen molar-refractivity contribution in [1.82, 2.24) is 15.5 Å². The largest absolute Gasteiger partial charge is 0.334 e. The molecular weight excluding hydrogens is 274 g/mol. The predicted octanol–water partition coefficient (Wildman–Crippen LogP) is 2.80. The molecule has 1 heterocycles. The first kappa shape index (κ1) is 15.0. The Morgan fingerprint density at radius 1 is 1.35 bits per heavy atom. The average molecular weight is 294 g/mol. The Morgan fingerprint density at radius 2 is 2.20 bits per heavy atom. The molecule has 5 heteroatoms. The molecule has 1 aliphatic rings. The molecule has 1 aromatic heterocycles. The van der Waals surface area contributed by atoms with Crippen molar-refractivity contribution in [2.75, 3.05) is 7.05 Å². The summed E-state index contributed by atoms with van der Waals surface area (Å²) in [5.74, 6) is 1.43. The maximum Gasteiger partial charge on any atom is 0.258 e. The van der Waals surface area contributed by atoms with Gasteiger partial charge in [-0.3, -0.25) is 0 Å². The van der Waals surface area contributed by atoms with E-state index < -0.39 is 0 Å². The fourth-order valence-electron chi connectivity index (χ4n) is 2.64. The molecular formula is C15H20ClN3O. The molecule has 0 bridgehead atoms. The maximum absolute atomic E-state index is 5.43. The van der Waals surface area contributed by atoms with Gasteiger partial charge < -0.3 is 9.84 Å². The molecule has 0 spiro atoms. The number of rotatable bonds is 4. The summed E-state index contributed by atoms with van der Waals surface area (Å²) in [4.78, 5) is 4.53. The molecule has 0 amide bonds. The first-order valence-electron chi connectivity index (χ1n) is 6.89. The van der Waals surface area contributed by atoms with E-state index in [1.165, 1.54) is 24.0 Å². The van der Waals surface area contributed by atoms with E-state index in [4.69, 9.17) is 4.52 Å². The second-order valence-electron chi connectivity index (χ2n) is 5.21. The molecule has 2 aromatic rings. The van der Waals surface area contributed by atoms with Crippen molar-refractivity contribution in [2.45, 2.75) is 38.6 Å². The third kappa shape index (κ3) is 2.86. The van der Waals surface area contributed by atoms with Crippen LogP contribution in [0.2, 0.25) is 0 Å². The third-order valence-corrected chi connectivity index (χ3v) is 3.83. The number of hydrogen-bond acceptors (Lipinski definition) is 4. The number of halogens is 1. The van der Waals surface area contributed by atoms with E-state index in [0.717, 1.165) is 24.2 Å². The van der Waals surface area contributed by atoms with Crippen LogP contribution in [0, 0.1) is 0 Å². The fraction of sp³-hybridized carbons (Fsp3) is 0.467. The Balaban J connectivity index is 0.00000147. The van der Waals surface area contributed by atoms with Crippen molar-refractivity contribution in [1.29, 1.82) is 0 Å². The molecule has 1 aromatic carbocycles. The summed E-state index contributed by atoms with van der Waals surface area (Å²) in [6, 6.07) is 6.72. The fourth-order valence-corrected chi connectivity index (χ4v) is 2.64. The zero-order valence-electron chi connectivity index (χ0n) is 11.8. The first-order valence-corrected chi connectivity index (χ1v) is 6.89. The summed E-state index contributed by atoms with van der Waals surface area (Å²) < 4.78 is 5.43. The van der Waals surface area contributed by atoms with Gasteiger partial charge in [-0.1, -0.05) is 17.3 Å². The number of nitrogens with zero attached hydrogens (tertiary/aromatic N) is 2. The van der Waals surface area contributed by atoms with Crippen LogP contribution in [-0.2, 0) is 19.3 Å². The number of likely N-dealkylation sites (N-methyl/N-ethyl adjacent to an activating group) is 1. The number of aryl methyl sites for hydroxylation is 1. The van der Waals surface area contributed by atoms with E-state index in [0.29, 0.717) is 11.9 Å². The number of nitrogens with one attached hydrogen (secondary N) is 1. The predicted molar refractivity (Wildman–Crippen MR) is 81.2 cm³/mol. The van der Waals surface area contributed by atoms with Crippen LogP contribution in [0.5, 0.6) is 0 Å². The number of aromatic nitrogens is 2. The van der Waals surface area contributed by atoms with E-state index in [1.54, 1.807) is 0 Å². The summed E-state index contributed by atoms with van der Waals surface area (Å²) in [6.45, 7) is 2.11. The Bertz CT molecular complexity index is 582. The Labute approximate surface area is 125 Å². The van der Waals surface area contributed by atoms with E-state index in [1.807, 2.05) is 7.05 Å². The molecule has 0 aliphatic heterocycles. The monoisotopic (exact) mass is 293 g/mol. The molecule has 1 atom stereocenters. The molecule has 0 radical (unpaired) electrons. The molecule has 1 N–H and O–H groups in total. The summed E-state index contributed by atoms with van der Waals surface area (Å²) in [5, 5.41) is 7.26. The second kappa shape index (κ2) is 6.37. The van der Waals surface area contributed by atoms with Crippen molar-refractivity contribution < 1.29 is 4.52 Å². The van der Waals surface area contributed by atoms with Gasteiger partial charge in [-0.05, 0) is 50.4 Å². The van der Waals surface area contributed by atoms with Crippen molar-refractivity contribution in [3.8, 4) is 11.5 Å². The van der Waals surface area contributed by atoms with Gasteiger partial charge in [0.25, 0.3) is 5.89 Å². The highest BCUT2D eigenvalue weighted by atomic mass is 35.5. The second-order valence-corrected chi connectivity index (χ2v) is 5.21. The van der Waals surface area contributed by atoms with Crippen LogP contribution in [0.3, 0.4) is 0 Å². The molecule has 1 aliphatic carbocycles. The molecule has 0 saturated carbocycles. The molecule has 1 unspecified atom stereocenters. The lowest BCUT2D eigenvalue weighted by molar-refractivity contribution is 0.418. The van der Waals surface area contributed by atoms with Gasteiger partial charge in [0.2, 0.25) is 0 Å². The summed E-state index contributed by atoms with van der Waals surface area (Å²) in [6.07, 6.45) is 4.30. The van der Waals surface area contributed by atoms with Crippen LogP contribution in [0.15, 0.2) is 22.7 Å². The summed E-state index contributed by atoms with van der Waals surface area (Å²) in [5.41, 5.74) is 3.94. The van der Waals surface area contributed by atoms with Gasteiger partial charge in [0.15, 0.2) is 5.82 Å². The van der Waals surface area contributed by atoms with E-state index in [-0.39, 0.29) is 12.4 Å². The van der Waals surface area contributed by atoms with Gasteiger partial charge in [0, 0.05) is 18.0 Å². The summed E-state index contributed by atoms with van der Waals surface area (Å²) in [7, 11) is 1.94. The van der Waals surface area contributed by atoms with E-state index in [2.05, 4.69) is 40.6 Å². The minimum absolute atomic E-state index is 0. The zero-order valence-corrected chi connectivity index (χ0v) is 12.7. The SMILES string of the molecule is CNC(C)Cc1noc(-c2cccc3c2CCC3)n1.Cl. The highest BCUT2D eigenvalue weighted by molar-refractivity contribution is 5.85. The minimum atomic E-state index is 0. The van der Waals surface area contributed by atoms with E-state index in [9.17, 15) is 0 Å². The van der Waals surface area contributed by atoms with Crippen molar-refractivity contribution in [3.63, 3.8) is 0 Å². The molecule has 20 heavy (non-hydrogen) atoms. The van der Waals surface area contributed by atoms with Crippen LogP contribution in [0.1, 0.15) is 30.3 Å². The molecule has 108 valence electrons. The zero-order chi connectivity index (χ0) is 13.2. The van der Waals surface area contributed by atoms with Crippen molar-refractivity contribution in [2.24, 2.45) is 0 Å². The normalized spacial score (nSPS) is 14.7. The lowest BCUT2D eigenvalue weighted by Gasteiger charge is -2.05. The van der Waals surface area contributed by atoms with Crippen LogP contribution in [0.4, 0.5) is 0 Å². The molecule has 0 fully saturated rings. The minimum Gasteiger partial charge on any atom is -0.334 e. The molecule has 4 nitrogen and oxygen atoms in total. The van der Waals surface area contributed by atoms with Crippen LogP contribution in [0.25, 0.3) is 11.5 Å².